The van der Waals surface area contributed by atoms with Crippen molar-refractivity contribution in [2.24, 2.45) is 0 Å². The van der Waals surface area contributed by atoms with E-state index in [1.165, 1.54) is 25.7 Å². The topological polar surface area (TPSA) is 32.3 Å². The lowest BCUT2D eigenvalue weighted by atomic mass is 10.1. The molecule has 0 radical (unpaired) electrons. The van der Waals surface area contributed by atoms with Crippen molar-refractivity contribution in [2.45, 2.75) is 45.1 Å². The Morgan fingerprint density at radius 2 is 2.23 bits per heavy atom. The van der Waals surface area contributed by atoms with E-state index < -0.39 is 0 Å². The maximum Gasteiger partial charge on any atom is 0.0556 e. The molecule has 0 aliphatic rings. The molecule has 2 N–H and O–H groups in total. The van der Waals surface area contributed by atoms with E-state index in [-0.39, 0.29) is 6.61 Å². The highest BCUT2D eigenvalue weighted by Crippen LogP contribution is 2.06. The molecular weight excluding hydrogens is 162 g/mol. The van der Waals surface area contributed by atoms with Crippen LogP contribution in [0.15, 0.2) is 12.7 Å². The molecule has 0 spiro atoms. The van der Waals surface area contributed by atoms with Gasteiger partial charge in [-0.15, -0.1) is 6.58 Å². The molecule has 0 saturated carbocycles. The summed E-state index contributed by atoms with van der Waals surface area (Å²) in [7, 11) is 0. The third kappa shape index (κ3) is 8.00. The number of hydrogen-bond donors (Lipinski definition) is 2. The minimum Gasteiger partial charge on any atom is -0.395 e. The highest BCUT2D eigenvalue weighted by molar-refractivity contribution is 4.77. The Kier molecular flexibility index (Phi) is 9.49. The van der Waals surface area contributed by atoms with Gasteiger partial charge in [-0.3, -0.25) is 0 Å². The van der Waals surface area contributed by atoms with Crippen LogP contribution in [0.2, 0.25) is 0 Å². The number of unbranched alkanes of at least 4 members (excludes halogenated alkanes) is 2. The van der Waals surface area contributed by atoms with Gasteiger partial charge in [0, 0.05) is 12.6 Å². The third-order valence-electron chi connectivity index (χ3n) is 2.15. The summed E-state index contributed by atoms with van der Waals surface area (Å²) in [6, 6.07) is 0.510. The van der Waals surface area contributed by atoms with Crippen LogP contribution < -0.4 is 5.32 Å². The largest absolute Gasteiger partial charge is 0.395 e. The van der Waals surface area contributed by atoms with Crippen LogP contribution in [0.5, 0.6) is 0 Å². The molecule has 0 fully saturated rings. The summed E-state index contributed by atoms with van der Waals surface area (Å²) in [5.74, 6) is 0. The van der Waals surface area contributed by atoms with Crippen LogP contribution in [-0.4, -0.2) is 24.3 Å². The zero-order chi connectivity index (χ0) is 9.94. The molecule has 2 nitrogen and oxygen atoms in total. The van der Waals surface area contributed by atoms with Gasteiger partial charge in [0.2, 0.25) is 0 Å². The van der Waals surface area contributed by atoms with Crippen molar-refractivity contribution in [1.82, 2.24) is 5.32 Å². The van der Waals surface area contributed by atoms with Gasteiger partial charge < -0.3 is 10.4 Å². The molecule has 0 unspecified atom stereocenters. The average molecular weight is 185 g/mol. The highest BCUT2D eigenvalue weighted by Gasteiger charge is 2.04. The number of aliphatic hydroxyl groups excluding tert-OH is 1. The van der Waals surface area contributed by atoms with Crippen LogP contribution in [0.4, 0.5) is 0 Å². The Bertz CT molecular complexity index is 115. The normalized spacial score (nSPS) is 12.8. The van der Waals surface area contributed by atoms with E-state index >= 15 is 0 Å². The van der Waals surface area contributed by atoms with Gasteiger partial charge >= 0.3 is 0 Å². The lowest BCUT2D eigenvalue weighted by Crippen LogP contribution is -2.31. The van der Waals surface area contributed by atoms with Crippen LogP contribution in [0.1, 0.15) is 39.0 Å². The average Bonchev–Trinajstić information content (AvgIpc) is 2.14. The van der Waals surface area contributed by atoms with Crippen molar-refractivity contribution in [3.63, 3.8) is 0 Å². The summed E-state index contributed by atoms with van der Waals surface area (Å²) in [5, 5.41) is 12.0. The smallest absolute Gasteiger partial charge is 0.0556 e. The Morgan fingerprint density at radius 1 is 1.46 bits per heavy atom. The van der Waals surface area contributed by atoms with E-state index in [4.69, 9.17) is 5.11 Å². The van der Waals surface area contributed by atoms with Gasteiger partial charge in [0.25, 0.3) is 0 Å². The van der Waals surface area contributed by atoms with Gasteiger partial charge in [-0.1, -0.05) is 32.3 Å². The Balaban J connectivity index is 3.47. The van der Waals surface area contributed by atoms with Gasteiger partial charge in [-0.25, -0.2) is 0 Å². The molecule has 0 aromatic heterocycles. The lowest BCUT2D eigenvalue weighted by Gasteiger charge is -2.15. The second kappa shape index (κ2) is 9.75. The molecular formula is C11H23NO. The molecule has 0 heterocycles. The van der Waals surface area contributed by atoms with Crippen LogP contribution in [0.25, 0.3) is 0 Å². The molecule has 0 amide bonds. The van der Waals surface area contributed by atoms with E-state index in [0.29, 0.717) is 12.6 Å². The Hall–Kier alpha value is -0.340. The van der Waals surface area contributed by atoms with Gasteiger partial charge in [0.05, 0.1) is 6.61 Å². The van der Waals surface area contributed by atoms with Crippen molar-refractivity contribution in [1.29, 1.82) is 0 Å². The van der Waals surface area contributed by atoms with Crippen LogP contribution in [0, 0.1) is 0 Å². The number of rotatable bonds is 9. The second-order valence-electron chi connectivity index (χ2n) is 3.39. The molecule has 2 heteroatoms. The summed E-state index contributed by atoms with van der Waals surface area (Å²) < 4.78 is 0. The maximum atomic E-state index is 8.67. The lowest BCUT2D eigenvalue weighted by molar-refractivity contribution is 0.281. The fourth-order valence-corrected chi connectivity index (χ4v) is 1.41. The standard InChI is InChI=1S/C11H23NO/c1-3-5-6-8-11(7-4-2)12-9-10-13/h4,11-13H,2-3,5-10H2,1H3/t11-/m1/s1. The fourth-order valence-electron chi connectivity index (χ4n) is 1.41. The molecule has 0 saturated heterocycles. The molecule has 0 aromatic carbocycles. The quantitative estimate of drug-likeness (QED) is 0.426. The number of hydrogen-bond acceptors (Lipinski definition) is 2. The molecule has 1 atom stereocenters. The van der Waals surface area contributed by atoms with Crippen molar-refractivity contribution in [3.8, 4) is 0 Å². The zero-order valence-corrected chi connectivity index (χ0v) is 8.76. The number of nitrogens with one attached hydrogen (secondary N) is 1. The van der Waals surface area contributed by atoms with E-state index in [9.17, 15) is 0 Å². The zero-order valence-electron chi connectivity index (χ0n) is 8.76. The highest BCUT2D eigenvalue weighted by atomic mass is 16.3. The fraction of sp³-hybridized carbons (Fsp3) is 0.818. The van der Waals surface area contributed by atoms with Crippen molar-refractivity contribution >= 4 is 0 Å². The summed E-state index contributed by atoms with van der Waals surface area (Å²) >= 11 is 0. The monoisotopic (exact) mass is 185 g/mol. The second-order valence-corrected chi connectivity index (χ2v) is 3.39. The molecule has 0 bridgehead atoms. The van der Waals surface area contributed by atoms with Gasteiger partial charge in [0.15, 0.2) is 0 Å². The van der Waals surface area contributed by atoms with Gasteiger partial charge in [0.1, 0.15) is 0 Å². The van der Waals surface area contributed by atoms with Crippen LogP contribution in [-0.2, 0) is 0 Å². The van der Waals surface area contributed by atoms with Gasteiger partial charge in [-0.05, 0) is 12.8 Å². The molecule has 0 rings (SSSR count). The summed E-state index contributed by atoms with van der Waals surface area (Å²) in [6.07, 6.45) is 7.98. The predicted molar refractivity (Wildman–Crippen MR) is 57.8 cm³/mol. The third-order valence-corrected chi connectivity index (χ3v) is 2.15. The van der Waals surface area contributed by atoms with Crippen LogP contribution in [0.3, 0.4) is 0 Å². The molecule has 0 aliphatic carbocycles. The van der Waals surface area contributed by atoms with Crippen LogP contribution >= 0.6 is 0 Å². The minimum absolute atomic E-state index is 0.224. The van der Waals surface area contributed by atoms with Crippen molar-refractivity contribution in [3.05, 3.63) is 12.7 Å². The van der Waals surface area contributed by atoms with E-state index in [1.54, 1.807) is 0 Å². The predicted octanol–water partition coefficient (Wildman–Crippen LogP) is 2.09. The SMILES string of the molecule is C=CC[C@H](CCCCC)NCCO. The first-order chi connectivity index (χ1) is 6.35. The van der Waals surface area contributed by atoms with E-state index in [1.807, 2.05) is 6.08 Å². The first kappa shape index (κ1) is 12.7. The first-order valence-electron chi connectivity index (χ1n) is 5.30. The summed E-state index contributed by atoms with van der Waals surface area (Å²) in [5.41, 5.74) is 0. The molecule has 78 valence electrons. The molecule has 13 heavy (non-hydrogen) atoms. The van der Waals surface area contributed by atoms with Gasteiger partial charge in [-0.2, -0.15) is 0 Å². The van der Waals surface area contributed by atoms with Crippen molar-refractivity contribution in [2.75, 3.05) is 13.2 Å². The molecule has 0 aliphatic heterocycles. The Labute approximate surface area is 82.0 Å². The van der Waals surface area contributed by atoms with E-state index in [0.717, 1.165) is 6.42 Å². The van der Waals surface area contributed by atoms with E-state index in [2.05, 4.69) is 18.8 Å². The summed E-state index contributed by atoms with van der Waals surface area (Å²) in [4.78, 5) is 0. The number of aliphatic hydroxyl groups is 1. The summed E-state index contributed by atoms with van der Waals surface area (Å²) in [6.45, 7) is 6.87. The maximum absolute atomic E-state index is 8.67. The Morgan fingerprint density at radius 3 is 2.77 bits per heavy atom. The molecule has 0 aromatic rings. The minimum atomic E-state index is 0.224. The van der Waals surface area contributed by atoms with Crippen molar-refractivity contribution < 1.29 is 5.11 Å². The first-order valence-corrected chi connectivity index (χ1v) is 5.30.